The fourth-order valence-electron chi connectivity index (χ4n) is 5.40. The molecule has 9 heteroatoms. The number of benzene rings is 2. The predicted octanol–water partition coefficient (Wildman–Crippen LogP) is 4.46. The average Bonchev–Trinajstić information content (AvgIpc) is 3.16. The first-order valence-corrected chi connectivity index (χ1v) is 12.5. The quantitative estimate of drug-likeness (QED) is 0.521. The summed E-state index contributed by atoms with van der Waals surface area (Å²) >= 11 is 13.3. The zero-order valence-electron chi connectivity index (χ0n) is 19.4. The zero-order valence-corrected chi connectivity index (χ0v) is 20.9. The number of carboxylic acids is 1. The monoisotopic (exact) mass is 518 g/mol. The highest BCUT2D eigenvalue weighted by molar-refractivity contribution is 6.36. The van der Waals surface area contributed by atoms with Crippen LogP contribution in [0.3, 0.4) is 0 Å². The van der Waals surface area contributed by atoms with Gasteiger partial charge in [-0.25, -0.2) is 4.79 Å². The standard InChI is InChI=1S/C26H28Cl2N2O5/c1-13-18(6-7-19(26(34)35)23(13)24(29)32)15-11-21(27)20(22(28)12-15)10-14-8-9-30(25(14)33)16-2-4-17(31)5-3-16/h6-7,11-12,14,16-17,31H,2-5,8-10H2,1H3,(H2,29,32)(H,34,35)/t14-,16?,17?/m0/s1. The van der Waals surface area contributed by atoms with Crippen molar-refractivity contribution in [1.82, 2.24) is 4.90 Å². The number of aliphatic hydroxyl groups is 1. The van der Waals surface area contributed by atoms with Crippen LogP contribution in [0.5, 0.6) is 0 Å². The summed E-state index contributed by atoms with van der Waals surface area (Å²) in [6.07, 6.45) is 3.98. The molecule has 1 heterocycles. The van der Waals surface area contributed by atoms with Gasteiger partial charge in [-0.15, -0.1) is 0 Å². The molecule has 0 unspecified atom stereocenters. The highest BCUT2D eigenvalue weighted by atomic mass is 35.5. The lowest BCUT2D eigenvalue weighted by Crippen LogP contribution is -2.41. The summed E-state index contributed by atoms with van der Waals surface area (Å²) in [6, 6.07) is 6.56. The molecule has 1 atom stereocenters. The SMILES string of the molecule is Cc1c(-c2cc(Cl)c(C[C@@H]3CCN(C4CCC(O)CC4)C3=O)c(Cl)c2)ccc(C(=O)O)c1C(N)=O. The van der Waals surface area contributed by atoms with Gasteiger partial charge in [0.15, 0.2) is 0 Å². The van der Waals surface area contributed by atoms with Crippen molar-refractivity contribution in [1.29, 1.82) is 0 Å². The third kappa shape index (κ3) is 5.03. The van der Waals surface area contributed by atoms with Crippen LogP contribution in [-0.2, 0) is 11.2 Å². The van der Waals surface area contributed by atoms with Crippen LogP contribution >= 0.6 is 23.2 Å². The number of nitrogens with two attached hydrogens (primary N) is 1. The minimum Gasteiger partial charge on any atom is -0.478 e. The van der Waals surface area contributed by atoms with Crippen molar-refractivity contribution < 1.29 is 24.6 Å². The Labute approximate surface area is 213 Å². The van der Waals surface area contributed by atoms with E-state index >= 15 is 0 Å². The fourth-order valence-corrected chi connectivity index (χ4v) is 6.05. The number of likely N-dealkylation sites (tertiary alicyclic amines) is 1. The number of carboxylic acid groups (broad SMARTS) is 1. The maximum Gasteiger partial charge on any atom is 0.336 e. The number of carbonyl (C=O) groups is 3. The molecule has 0 bridgehead atoms. The van der Waals surface area contributed by atoms with E-state index in [0.717, 1.165) is 32.1 Å². The number of hydrogen-bond donors (Lipinski definition) is 3. The van der Waals surface area contributed by atoms with E-state index in [0.29, 0.717) is 45.3 Å². The Bertz CT molecular complexity index is 1170. The number of carbonyl (C=O) groups excluding carboxylic acids is 2. The van der Waals surface area contributed by atoms with Crippen LogP contribution in [-0.4, -0.2) is 51.6 Å². The van der Waals surface area contributed by atoms with Gasteiger partial charge in [0.2, 0.25) is 11.8 Å². The minimum atomic E-state index is -1.24. The molecule has 1 aliphatic carbocycles. The topological polar surface area (TPSA) is 121 Å². The summed E-state index contributed by atoms with van der Waals surface area (Å²) in [6.45, 7) is 2.33. The summed E-state index contributed by atoms with van der Waals surface area (Å²) < 4.78 is 0. The van der Waals surface area contributed by atoms with E-state index in [9.17, 15) is 24.6 Å². The van der Waals surface area contributed by atoms with Crippen LogP contribution < -0.4 is 5.73 Å². The van der Waals surface area contributed by atoms with Crippen LogP contribution in [0.4, 0.5) is 0 Å². The van der Waals surface area contributed by atoms with E-state index in [1.165, 1.54) is 6.07 Å². The lowest BCUT2D eigenvalue weighted by molar-refractivity contribution is -0.133. The van der Waals surface area contributed by atoms with Gasteiger partial charge in [0.05, 0.1) is 17.2 Å². The van der Waals surface area contributed by atoms with Gasteiger partial charge in [0.1, 0.15) is 0 Å². The Kier molecular flexibility index (Phi) is 7.40. The second-order valence-electron chi connectivity index (χ2n) is 9.43. The fraction of sp³-hybridized carbons (Fsp3) is 0.423. The number of aliphatic hydroxyl groups excluding tert-OH is 1. The first kappa shape index (κ1) is 25.5. The van der Waals surface area contributed by atoms with Crippen molar-refractivity contribution >= 4 is 41.0 Å². The maximum atomic E-state index is 13.1. The Morgan fingerprint density at radius 2 is 1.71 bits per heavy atom. The van der Waals surface area contributed by atoms with Crippen molar-refractivity contribution in [2.75, 3.05) is 6.54 Å². The molecule has 2 amide bonds. The summed E-state index contributed by atoms with van der Waals surface area (Å²) in [5.41, 5.74) is 7.58. The molecule has 1 saturated heterocycles. The van der Waals surface area contributed by atoms with Crippen LogP contribution in [0.2, 0.25) is 10.0 Å². The highest BCUT2D eigenvalue weighted by Gasteiger charge is 2.37. The minimum absolute atomic E-state index is 0.0572. The molecule has 2 aliphatic rings. The number of nitrogens with zero attached hydrogens (tertiary/aromatic N) is 1. The normalized spacial score (nSPS) is 22.5. The van der Waals surface area contributed by atoms with Crippen molar-refractivity contribution in [3.05, 3.63) is 56.6 Å². The maximum absolute atomic E-state index is 13.1. The van der Waals surface area contributed by atoms with E-state index in [4.69, 9.17) is 28.9 Å². The molecule has 2 aromatic rings. The second kappa shape index (κ2) is 10.2. The molecule has 35 heavy (non-hydrogen) atoms. The predicted molar refractivity (Wildman–Crippen MR) is 134 cm³/mol. The van der Waals surface area contributed by atoms with E-state index < -0.39 is 11.9 Å². The molecule has 1 aliphatic heterocycles. The van der Waals surface area contributed by atoms with Gasteiger partial charge < -0.3 is 20.8 Å². The Balaban J connectivity index is 1.58. The van der Waals surface area contributed by atoms with Gasteiger partial charge in [-0.2, -0.15) is 0 Å². The highest BCUT2D eigenvalue weighted by Crippen LogP contribution is 2.38. The molecule has 4 N–H and O–H groups in total. The van der Waals surface area contributed by atoms with Crippen molar-refractivity contribution in [3.63, 3.8) is 0 Å². The van der Waals surface area contributed by atoms with E-state index in [2.05, 4.69) is 0 Å². The van der Waals surface area contributed by atoms with Crippen LogP contribution in [0.25, 0.3) is 11.1 Å². The Morgan fingerprint density at radius 3 is 2.29 bits per heavy atom. The lowest BCUT2D eigenvalue weighted by Gasteiger charge is -2.33. The summed E-state index contributed by atoms with van der Waals surface area (Å²) in [7, 11) is 0. The third-order valence-corrected chi connectivity index (χ3v) is 7.98. The van der Waals surface area contributed by atoms with Crippen molar-refractivity contribution in [2.45, 2.75) is 57.6 Å². The van der Waals surface area contributed by atoms with E-state index in [-0.39, 0.29) is 35.1 Å². The molecule has 2 aromatic carbocycles. The third-order valence-electron chi connectivity index (χ3n) is 7.30. The molecule has 0 aromatic heterocycles. The Hall–Kier alpha value is -2.61. The number of primary amides is 1. The molecule has 0 spiro atoms. The van der Waals surface area contributed by atoms with Gasteiger partial charge in [0.25, 0.3) is 0 Å². The van der Waals surface area contributed by atoms with E-state index in [1.54, 1.807) is 25.1 Å². The van der Waals surface area contributed by atoms with E-state index in [1.807, 2.05) is 4.90 Å². The summed E-state index contributed by atoms with van der Waals surface area (Å²) in [5, 5.41) is 20.0. The van der Waals surface area contributed by atoms with Crippen LogP contribution in [0, 0.1) is 12.8 Å². The largest absolute Gasteiger partial charge is 0.478 e. The summed E-state index contributed by atoms with van der Waals surface area (Å²) in [5.74, 6) is -2.17. The van der Waals surface area contributed by atoms with Gasteiger partial charge in [-0.3, -0.25) is 9.59 Å². The number of hydrogen-bond acceptors (Lipinski definition) is 4. The molecular weight excluding hydrogens is 491 g/mol. The van der Waals surface area contributed by atoms with Gasteiger partial charge in [-0.1, -0.05) is 29.3 Å². The molecule has 7 nitrogen and oxygen atoms in total. The second-order valence-corrected chi connectivity index (χ2v) is 10.2. The molecule has 2 fully saturated rings. The van der Waals surface area contributed by atoms with Crippen LogP contribution in [0.15, 0.2) is 24.3 Å². The van der Waals surface area contributed by atoms with Gasteiger partial charge in [0, 0.05) is 28.5 Å². The lowest BCUT2D eigenvalue weighted by atomic mass is 9.90. The summed E-state index contributed by atoms with van der Waals surface area (Å²) in [4.78, 5) is 38.5. The molecule has 0 radical (unpaired) electrons. The first-order chi connectivity index (χ1) is 16.6. The van der Waals surface area contributed by atoms with Gasteiger partial charge >= 0.3 is 5.97 Å². The molecular formula is C26H28Cl2N2O5. The Morgan fingerprint density at radius 1 is 1.09 bits per heavy atom. The number of rotatable bonds is 6. The zero-order chi connectivity index (χ0) is 25.4. The smallest absolute Gasteiger partial charge is 0.336 e. The average molecular weight is 519 g/mol. The first-order valence-electron chi connectivity index (χ1n) is 11.7. The number of halogens is 2. The van der Waals surface area contributed by atoms with Crippen molar-refractivity contribution in [2.24, 2.45) is 11.7 Å². The molecule has 186 valence electrons. The van der Waals surface area contributed by atoms with Gasteiger partial charge in [-0.05, 0) is 85.9 Å². The number of amides is 2. The van der Waals surface area contributed by atoms with Crippen molar-refractivity contribution in [3.8, 4) is 11.1 Å². The molecule has 1 saturated carbocycles. The van der Waals surface area contributed by atoms with Crippen LogP contribution in [0.1, 0.15) is 63.9 Å². The number of aromatic carboxylic acids is 1. The molecule has 4 rings (SSSR count).